The van der Waals surface area contributed by atoms with Gasteiger partial charge in [0.05, 0.1) is 6.26 Å². The van der Waals surface area contributed by atoms with Crippen LogP contribution in [0.2, 0.25) is 0 Å². The van der Waals surface area contributed by atoms with Crippen LogP contribution in [0.4, 0.5) is 5.69 Å². The lowest BCUT2D eigenvalue weighted by atomic mass is 10.1. The second kappa shape index (κ2) is 6.89. The van der Waals surface area contributed by atoms with Crippen molar-refractivity contribution in [1.82, 2.24) is 0 Å². The Morgan fingerprint density at radius 3 is 2.52 bits per heavy atom. The van der Waals surface area contributed by atoms with Crippen LogP contribution < -0.4 is 5.32 Å². The molecule has 2 aromatic heterocycles. The molecule has 5 heteroatoms. The Hall–Kier alpha value is -2.92. The zero-order chi connectivity index (χ0) is 16.1. The monoisotopic (exact) mass is 323 g/mol. The van der Waals surface area contributed by atoms with Crippen molar-refractivity contribution in [3.05, 3.63) is 82.5 Å². The average Bonchev–Trinajstić information content (AvgIpc) is 3.26. The summed E-state index contributed by atoms with van der Waals surface area (Å²) in [4.78, 5) is 25.0. The lowest BCUT2D eigenvalue weighted by Gasteiger charge is -2.03. The highest BCUT2D eigenvalue weighted by Crippen LogP contribution is 2.14. The number of rotatable bonds is 5. The minimum Gasteiger partial charge on any atom is -0.459 e. The Morgan fingerprint density at radius 2 is 1.87 bits per heavy atom. The normalized spacial score (nSPS) is 10.8. The fourth-order valence-electron chi connectivity index (χ4n) is 1.96. The van der Waals surface area contributed by atoms with Crippen molar-refractivity contribution in [3.8, 4) is 0 Å². The van der Waals surface area contributed by atoms with Gasteiger partial charge in [-0.15, -0.1) is 11.3 Å². The van der Waals surface area contributed by atoms with Gasteiger partial charge in [-0.25, -0.2) is 0 Å². The molecule has 0 aliphatic rings. The van der Waals surface area contributed by atoms with E-state index < -0.39 is 0 Å². The summed E-state index contributed by atoms with van der Waals surface area (Å²) in [7, 11) is 0. The zero-order valence-electron chi connectivity index (χ0n) is 12.1. The number of amides is 1. The molecule has 0 fully saturated rings. The Kier molecular flexibility index (Phi) is 4.49. The zero-order valence-corrected chi connectivity index (χ0v) is 12.9. The van der Waals surface area contributed by atoms with Crippen molar-refractivity contribution in [3.63, 3.8) is 0 Å². The number of hydrogen-bond donors (Lipinski definition) is 1. The van der Waals surface area contributed by atoms with Crippen LogP contribution in [0.5, 0.6) is 0 Å². The second-order valence-corrected chi connectivity index (χ2v) is 5.70. The third kappa shape index (κ3) is 3.84. The van der Waals surface area contributed by atoms with E-state index >= 15 is 0 Å². The van der Waals surface area contributed by atoms with E-state index in [9.17, 15) is 9.59 Å². The lowest BCUT2D eigenvalue weighted by molar-refractivity contribution is 0.0996. The molecule has 2 heterocycles. The maximum absolute atomic E-state index is 12.1. The van der Waals surface area contributed by atoms with Crippen molar-refractivity contribution in [2.45, 2.75) is 0 Å². The van der Waals surface area contributed by atoms with Gasteiger partial charge in [-0.1, -0.05) is 6.07 Å². The number of ketones is 1. The summed E-state index contributed by atoms with van der Waals surface area (Å²) in [6, 6.07) is 13.9. The number of carbonyl (C=O) groups excluding carboxylic acids is 2. The Bertz CT molecular complexity index is 816. The number of benzene rings is 1. The molecular weight excluding hydrogens is 310 g/mol. The quantitative estimate of drug-likeness (QED) is 0.556. The van der Waals surface area contributed by atoms with E-state index in [1.165, 1.54) is 6.26 Å². The van der Waals surface area contributed by atoms with Crippen molar-refractivity contribution < 1.29 is 14.0 Å². The van der Waals surface area contributed by atoms with Gasteiger partial charge in [0.1, 0.15) is 0 Å². The first kappa shape index (κ1) is 15.0. The topological polar surface area (TPSA) is 59.3 Å². The Balaban J connectivity index is 1.65. The first-order valence-electron chi connectivity index (χ1n) is 6.93. The van der Waals surface area contributed by atoms with Crippen LogP contribution in [0, 0.1) is 0 Å². The van der Waals surface area contributed by atoms with E-state index in [-0.39, 0.29) is 17.5 Å². The molecular formula is C18H13NO3S. The van der Waals surface area contributed by atoms with Gasteiger partial charge in [0.25, 0.3) is 5.91 Å². The number of hydrogen-bond acceptors (Lipinski definition) is 4. The van der Waals surface area contributed by atoms with Crippen molar-refractivity contribution >= 4 is 34.8 Å². The molecule has 0 radical (unpaired) electrons. The molecule has 0 saturated carbocycles. The molecule has 4 nitrogen and oxygen atoms in total. The van der Waals surface area contributed by atoms with Gasteiger partial charge in [0, 0.05) is 16.1 Å². The predicted molar refractivity (Wildman–Crippen MR) is 90.8 cm³/mol. The Morgan fingerprint density at radius 1 is 1.04 bits per heavy atom. The number of carbonyl (C=O) groups is 2. The highest BCUT2D eigenvalue weighted by atomic mass is 32.1. The van der Waals surface area contributed by atoms with E-state index in [2.05, 4.69) is 5.32 Å². The SMILES string of the molecule is O=C(/C=C\c1cccs1)c1ccc(NC(=O)c2ccco2)cc1. The van der Waals surface area contributed by atoms with E-state index in [1.807, 2.05) is 17.5 Å². The van der Waals surface area contributed by atoms with E-state index in [4.69, 9.17) is 4.42 Å². The van der Waals surface area contributed by atoms with Crippen molar-refractivity contribution in [2.24, 2.45) is 0 Å². The predicted octanol–water partition coefficient (Wildman–Crippen LogP) is 4.49. The maximum Gasteiger partial charge on any atom is 0.291 e. The number of furan rings is 1. The molecule has 0 spiro atoms. The third-order valence-corrected chi connectivity index (χ3v) is 3.95. The van der Waals surface area contributed by atoms with E-state index in [1.54, 1.807) is 59.9 Å². The minimum absolute atomic E-state index is 0.0812. The molecule has 1 aromatic carbocycles. The highest BCUT2D eigenvalue weighted by Gasteiger charge is 2.09. The summed E-state index contributed by atoms with van der Waals surface area (Å²) >= 11 is 1.57. The number of nitrogens with one attached hydrogen (secondary N) is 1. The van der Waals surface area contributed by atoms with E-state index in [0.29, 0.717) is 11.3 Å². The first-order valence-corrected chi connectivity index (χ1v) is 7.81. The number of allylic oxidation sites excluding steroid dienone is 1. The fraction of sp³-hybridized carbons (Fsp3) is 0. The molecule has 0 aliphatic carbocycles. The van der Waals surface area contributed by atoms with Crippen LogP contribution in [0.1, 0.15) is 25.8 Å². The molecule has 0 bridgehead atoms. The molecule has 3 aromatic rings. The number of thiophene rings is 1. The summed E-state index contributed by atoms with van der Waals surface area (Å²) in [5.41, 5.74) is 1.17. The fourth-order valence-corrected chi connectivity index (χ4v) is 2.58. The first-order chi connectivity index (χ1) is 11.2. The van der Waals surface area contributed by atoms with Crippen LogP contribution in [-0.4, -0.2) is 11.7 Å². The summed E-state index contributed by atoms with van der Waals surface area (Å²) in [6.45, 7) is 0. The molecule has 3 rings (SSSR count). The third-order valence-electron chi connectivity index (χ3n) is 3.11. The van der Waals surface area contributed by atoms with Crippen LogP contribution in [0.15, 0.2) is 70.7 Å². The molecule has 0 aliphatic heterocycles. The smallest absolute Gasteiger partial charge is 0.291 e. The van der Waals surface area contributed by atoms with Gasteiger partial charge in [0.2, 0.25) is 0 Å². The number of anilines is 1. The largest absolute Gasteiger partial charge is 0.459 e. The van der Waals surface area contributed by atoms with Gasteiger partial charge < -0.3 is 9.73 Å². The molecule has 1 amide bonds. The molecule has 0 atom stereocenters. The molecule has 0 unspecified atom stereocenters. The maximum atomic E-state index is 12.1. The minimum atomic E-state index is -0.327. The van der Waals surface area contributed by atoms with E-state index in [0.717, 1.165) is 4.88 Å². The standard InChI is InChI=1S/C18H13NO3S/c20-16(10-9-15-3-2-12-23-15)13-5-7-14(8-6-13)19-18(21)17-4-1-11-22-17/h1-12H,(H,19,21)/b10-9-. The Labute approximate surface area is 137 Å². The van der Waals surface area contributed by atoms with Crippen molar-refractivity contribution in [1.29, 1.82) is 0 Å². The lowest BCUT2D eigenvalue weighted by Crippen LogP contribution is -2.10. The van der Waals surface area contributed by atoms with Gasteiger partial charge in [-0.3, -0.25) is 9.59 Å². The van der Waals surface area contributed by atoms with Crippen LogP contribution in [-0.2, 0) is 0 Å². The van der Waals surface area contributed by atoms with Gasteiger partial charge in [-0.2, -0.15) is 0 Å². The molecule has 0 saturated heterocycles. The van der Waals surface area contributed by atoms with Crippen LogP contribution in [0.25, 0.3) is 6.08 Å². The molecule has 1 N–H and O–H groups in total. The molecule has 23 heavy (non-hydrogen) atoms. The summed E-state index contributed by atoms with van der Waals surface area (Å²) in [5, 5.41) is 4.66. The second-order valence-electron chi connectivity index (χ2n) is 4.72. The average molecular weight is 323 g/mol. The summed E-state index contributed by atoms with van der Waals surface area (Å²) < 4.78 is 5.02. The summed E-state index contributed by atoms with van der Waals surface area (Å²) in [6.07, 6.45) is 4.78. The summed E-state index contributed by atoms with van der Waals surface area (Å²) in [5.74, 6) is -0.169. The molecule has 114 valence electrons. The van der Waals surface area contributed by atoms with Gasteiger partial charge in [-0.05, 0) is 60.0 Å². The van der Waals surface area contributed by atoms with Gasteiger partial charge >= 0.3 is 0 Å². The van der Waals surface area contributed by atoms with Crippen LogP contribution >= 0.6 is 11.3 Å². The highest BCUT2D eigenvalue weighted by molar-refractivity contribution is 7.10. The van der Waals surface area contributed by atoms with Crippen molar-refractivity contribution in [2.75, 3.05) is 5.32 Å². The van der Waals surface area contributed by atoms with Crippen LogP contribution in [0.3, 0.4) is 0 Å². The van der Waals surface area contributed by atoms with Gasteiger partial charge in [0.15, 0.2) is 11.5 Å².